The molecule has 2 amide bonds. The average molecular weight is 434 g/mol. The number of aryl methyl sites for hydroxylation is 2. The number of carbonyl (C=O) groups excluding carboxylic acids is 2. The third-order valence-electron chi connectivity index (χ3n) is 5.26. The summed E-state index contributed by atoms with van der Waals surface area (Å²) in [7, 11) is 3.04. The molecule has 2 N–H and O–H groups in total. The molecule has 32 heavy (non-hydrogen) atoms. The summed E-state index contributed by atoms with van der Waals surface area (Å²) in [6.45, 7) is 2.35. The number of hydrogen-bond acceptors (Lipinski definition) is 4. The lowest BCUT2D eigenvalue weighted by atomic mass is 10.1. The maximum absolute atomic E-state index is 13.0. The second kappa shape index (κ2) is 10.4. The van der Waals surface area contributed by atoms with E-state index in [-0.39, 0.29) is 17.2 Å². The summed E-state index contributed by atoms with van der Waals surface area (Å²) in [5.41, 5.74) is 1.25. The largest absolute Gasteiger partial charge is 0.497 e. The van der Waals surface area contributed by atoms with Crippen LogP contribution >= 0.6 is 0 Å². The van der Waals surface area contributed by atoms with Gasteiger partial charge in [0.05, 0.1) is 13.2 Å². The fraction of sp³-hybridized carbons (Fsp3) is 0.240. The monoisotopic (exact) mass is 433 g/mol. The molecule has 0 aliphatic carbocycles. The number of rotatable bonds is 8. The molecule has 0 aliphatic heterocycles. The van der Waals surface area contributed by atoms with Gasteiger partial charge in [-0.25, -0.2) is 0 Å². The number of nitrogens with zero attached hydrogens (tertiary/aromatic N) is 1. The number of pyridine rings is 1. The first-order valence-corrected chi connectivity index (χ1v) is 10.4. The van der Waals surface area contributed by atoms with Crippen LogP contribution in [0.1, 0.15) is 44.8 Å². The van der Waals surface area contributed by atoms with Gasteiger partial charge in [-0.05, 0) is 36.6 Å². The zero-order valence-electron chi connectivity index (χ0n) is 18.4. The van der Waals surface area contributed by atoms with Gasteiger partial charge in [0.1, 0.15) is 16.9 Å². The predicted octanol–water partition coefficient (Wildman–Crippen LogP) is 2.95. The van der Waals surface area contributed by atoms with Crippen molar-refractivity contribution in [3.8, 4) is 5.75 Å². The Morgan fingerprint density at radius 3 is 2.19 bits per heavy atom. The maximum atomic E-state index is 13.0. The summed E-state index contributed by atoms with van der Waals surface area (Å²) in [4.78, 5) is 38.1. The lowest BCUT2D eigenvalue weighted by Crippen LogP contribution is -2.35. The van der Waals surface area contributed by atoms with Gasteiger partial charge >= 0.3 is 0 Å². The van der Waals surface area contributed by atoms with E-state index in [1.807, 2.05) is 49.4 Å². The van der Waals surface area contributed by atoms with Crippen molar-refractivity contribution in [2.75, 3.05) is 14.2 Å². The second-order valence-electron chi connectivity index (χ2n) is 7.44. The minimum absolute atomic E-state index is 0.0645. The van der Waals surface area contributed by atoms with Gasteiger partial charge in [-0.1, -0.05) is 42.5 Å². The summed E-state index contributed by atoms with van der Waals surface area (Å²) in [5, 5.41) is 5.32. The van der Waals surface area contributed by atoms with Crippen molar-refractivity contribution in [2.45, 2.75) is 25.9 Å². The number of nitrogens with one attached hydrogen (secondary N) is 2. The summed E-state index contributed by atoms with van der Waals surface area (Å²) in [6.07, 6.45) is 3.70. The summed E-state index contributed by atoms with van der Waals surface area (Å²) in [6, 6.07) is 16.8. The molecule has 0 unspecified atom stereocenters. The minimum Gasteiger partial charge on any atom is -0.497 e. The number of hydrogen-bond donors (Lipinski definition) is 2. The Hall–Kier alpha value is -3.87. The van der Waals surface area contributed by atoms with Gasteiger partial charge in [0.15, 0.2) is 0 Å². The summed E-state index contributed by atoms with van der Waals surface area (Å²) < 4.78 is 6.87. The highest BCUT2D eigenvalue weighted by Gasteiger charge is 2.20. The van der Waals surface area contributed by atoms with E-state index in [4.69, 9.17) is 4.74 Å². The van der Waals surface area contributed by atoms with Gasteiger partial charge in [0.25, 0.3) is 11.8 Å². The van der Waals surface area contributed by atoms with Gasteiger partial charge in [-0.2, -0.15) is 0 Å². The Balaban J connectivity index is 1.86. The highest BCUT2D eigenvalue weighted by atomic mass is 16.5. The molecule has 2 aromatic carbocycles. The fourth-order valence-electron chi connectivity index (χ4n) is 3.37. The molecule has 0 saturated carbocycles. The number of amides is 2. The molecule has 0 fully saturated rings. The molecule has 7 heteroatoms. The predicted molar refractivity (Wildman–Crippen MR) is 123 cm³/mol. The number of carbonyl (C=O) groups is 2. The number of aromatic nitrogens is 1. The molecule has 0 aliphatic rings. The molecule has 1 atom stereocenters. The highest BCUT2D eigenvalue weighted by Crippen LogP contribution is 2.17. The zero-order valence-corrected chi connectivity index (χ0v) is 18.4. The molecule has 3 aromatic rings. The smallest absolute Gasteiger partial charge is 0.257 e. The van der Waals surface area contributed by atoms with Gasteiger partial charge in [0.2, 0.25) is 5.43 Å². The maximum Gasteiger partial charge on any atom is 0.257 e. The van der Waals surface area contributed by atoms with Crippen LogP contribution < -0.4 is 20.8 Å². The summed E-state index contributed by atoms with van der Waals surface area (Å²) >= 11 is 0. The Labute approximate surface area is 187 Å². The van der Waals surface area contributed by atoms with Gasteiger partial charge in [-0.3, -0.25) is 14.4 Å². The normalized spacial score (nSPS) is 11.5. The molecule has 166 valence electrons. The van der Waals surface area contributed by atoms with E-state index in [0.29, 0.717) is 18.7 Å². The van der Waals surface area contributed by atoms with E-state index < -0.39 is 17.2 Å². The fourth-order valence-corrected chi connectivity index (χ4v) is 3.37. The molecule has 0 saturated heterocycles. The lowest BCUT2D eigenvalue weighted by molar-refractivity contribution is 0.0938. The highest BCUT2D eigenvalue weighted by molar-refractivity contribution is 5.99. The molecule has 1 aromatic heterocycles. The summed E-state index contributed by atoms with van der Waals surface area (Å²) in [5.74, 6) is -0.342. The third kappa shape index (κ3) is 5.43. The number of ether oxygens (including phenoxy) is 1. The first-order chi connectivity index (χ1) is 15.4. The van der Waals surface area contributed by atoms with Crippen molar-refractivity contribution in [1.82, 2.24) is 15.2 Å². The van der Waals surface area contributed by atoms with E-state index in [0.717, 1.165) is 11.1 Å². The van der Waals surface area contributed by atoms with Gasteiger partial charge in [-0.15, -0.1) is 0 Å². The Kier molecular flexibility index (Phi) is 7.44. The van der Waals surface area contributed by atoms with E-state index in [9.17, 15) is 14.4 Å². The third-order valence-corrected chi connectivity index (χ3v) is 5.26. The lowest BCUT2D eigenvalue weighted by Gasteiger charge is -2.16. The van der Waals surface area contributed by atoms with Gasteiger partial charge in [0, 0.05) is 26.0 Å². The Morgan fingerprint density at radius 1 is 0.969 bits per heavy atom. The molecule has 0 spiro atoms. The van der Waals surface area contributed by atoms with Crippen LogP contribution in [0, 0.1) is 0 Å². The first kappa shape index (κ1) is 22.8. The molecule has 7 nitrogen and oxygen atoms in total. The molecule has 1 heterocycles. The zero-order chi connectivity index (χ0) is 23.1. The van der Waals surface area contributed by atoms with Crippen LogP contribution in [0.2, 0.25) is 0 Å². The van der Waals surface area contributed by atoms with Crippen molar-refractivity contribution in [2.24, 2.45) is 0 Å². The average Bonchev–Trinajstić information content (AvgIpc) is 2.83. The molecule has 0 radical (unpaired) electrons. The van der Waals surface area contributed by atoms with E-state index in [1.54, 1.807) is 23.8 Å². The SMILES string of the molecule is CNC(=O)c1cn(CCc2ccccc2)cc(C(=O)N[C@H](C)c2ccc(OC)cc2)c1=O. The van der Waals surface area contributed by atoms with Crippen LogP contribution in [0.3, 0.4) is 0 Å². The number of methoxy groups -OCH3 is 1. The molecule has 0 bridgehead atoms. The van der Waals surface area contributed by atoms with Crippen LogP contribution in [0.15, 0.2) is 71.8 Å². The van der Waals surface area contributed by atoms with Crippen molar-refractivity contribution in [3.63, 3.8) is 0 Å². The van der Waals surface area contributed by atoms with Crippen LogP contribution in [0.25, 0.3) is 0 Å². The van der Waals surface area contributed by atoms with Crippen LogP contribution in [0.4, 0.5) is 0 Å². The molecular weight excluding hydrogens is 406 g/mol. The second-order valence-corrected chi connectivity index (χ2v) is 7.44. The van der Waals surface area contributed by atoms with E-state index >= 15 is 0 Å². The van der Waals surface area contributed by atoms with E-state index in [2.05, 4.69) is 10.6 Å². The first-order valence-electron chi connectivity index (χ1n) is 10.4. The van der Waals surface area contributed by atoms with Crippen molar-refractivity contribution >= 4 is 11.8 Å². The van der Waals surface area contributed by atoms with Gasteiger partial charge < -0.3 is 19.9 Å². The topological polar surface area (TPSA) is 89.4 Å². The minimum atomic E-state index is -0.597. The molecular formula is C25H27N3O4. The van der Waals surface area contributed by atoms with Crippen LogP contribution in [-0.2, 0) is 13.0 Å². The molecule has 3 rings (SSSR count). The quantitative estimate of drug-likeness (QED) is 0.572. The standard InChI is InChI=1S/C25H27N3O4/c1-17(19-9-11-20(32-3)12-10-19)27-25(31)22-16-28(14-13-18-7-5-4-6-8-18)15-21(23(22)29)24(30)26-2/h4-12,15-17H,13-14H2,1-3H3,(H,26,30)(H,27,31)/t17-/m1/s1. The van der Waals surface area contributed by atoms with E-state index in [1.165, 1.54) is 19.4 Å². The van der Waals surface area contributed by atoms with Crippen LogP contribution in [-0.4, -0.2) is 30.5 Å². The van der Waals surface area contributed by atoms with Crippen molar-refractivity contribution < 1.29 is 14.3 Å². The Bertz CT molecular complexity index is 1140. The van der Waals surface area contributed by atoms with Crippen LogP contribution in [0.5, 0.6) is 5.75 Å². The van der Waals surface area contributed by atoms with Crippen molar-refractivity contribution in [1.29, 1.82) is 0 Å². The van der Waals surface area contributed by atoms with Crippen molar-refractivity contribution in [3.05, 3.63) is 99.5 Å². The number of benzene rings is 2. The Morgan fingerprint density at radius 2 is 1.59 bits per heavy atom.